The Morgan fingerprint density at radius 1 is 1.38 bits per heavy atom. The molecule has 1 aromatic heterocycles. The summed E-state index contributed by atoms with van der Waals surface area (Å²) in [6, 6.07) is 0.820. The van der Waals surface area contributed by atoms with Gasteiger partial charge in [0, 0.05) is 24.4 Å². The van der Waals surface area contributed by atoms with Crippen molar-refractivity contribution in [1.82, 2.24) is 4.57 Å². The van der Waals surface area contributed by atoms with Crippen LogP contribution in [0, 0.1) is 13.8 Å². The maximum atomic E-state index is 12.3. The fourth-order valence-electron chi connectivity index (χ4n) is 1.39. The highest BCUT2D eigenvalue weighted by Crippen LogP contribution is 2.31. The summed E-state index contributed by atoms with van der Waals surface area (Å²) in [7, 11) is 1.38. The largest absolute Gasteiger partial charge is 0.420 e. The minimum absolute atomic E-state index is 0.376. The lowest BCUT2D eigenvalue weighted by Crippen LogP contribution is -2.27. The third-order valence-corrected chi connectivity index (χ3v) is 2.67. The third kappa shape index (κ3) is 2.11. The zero-order chi connectivity index (χ0) is 12.7. The second kappa shape index (κ2) is 3.93. The molecule has 1 unspecified atom stereocenters. The molecule has 90 valence electrons. The van der Waals surface area contributed by atoms with Crippen LogP contribution in [0.25, 0.3) is 0 Å². The molecule has 0 aromatic carbocycles. The van der Waals surface area contributed by atoms with Gasteiger partial charge < -0.3 is 9.67 Å². The number of hydrogen-bond acceptors (Lipinski definition) is 2. The predicted molar refractivity (Wildman–Crippen MR) is 52.2 cm³/mol. The highest BCUT2D eigenvalue weighted by molar-refractivity contribution is 5.24. The van der Waals surface area contributed by atoms with Gasteiger partial charge in [0.05, 0.1) is 5.69 Å². The van der Waals surface area contributed by atoms with Gasteiger partial charge in [-0.25, -0.2) is 0 Å². The SMILES string of the molecule is Cc1c(C)n(C)c(C(O)C(F)(F)F)cc1=O. The first-order valence-electron chi connectivity index (χ1n) is 4.58. The Hall–Kier alpha value is -1.30. The Bertz CT molecular complexity index is 462. The third-order valence-electron chi connectivity index (χ3n) is 2.67. The van der Waals surface area contributed by atoms with Gasteiger partial charge in [-0.15, -0.1) is 0 Å². The number of alkyl halides is 3. The number of aliphatic hydroxyl groups is 1. The average molecular weight is 235 g/mol. The van der Waals surface area contributed by atoms with Crippen LogP contribution in [-0.4, -0.2) is 15.8 Å². The van der Waals surface area contributed by atoms with Gasteiger partial charge in [0.1, 0.15) is 0 Å². The summed E-state index contributed by atoms with van der Waals surface area (Å²) in [5, 5.41) is 9.09. The number of nitrogens with zero attached hydrogens (tertiary/aromatic N) is 1. The summed E-state index contributed by atoms with van der Waals surface area (Å²) in [5.74, 6) is 0. The van der Waals surface area contributed by atoms with E-state index in [2.05, 4.69) is 0 Å². The zero-order valence-corrected chi connectivity index (χ0v) is 9.09. The van der Waals surface area contributed by atoms with Crippen LogP contribution < -0.4 is 5.43 Å². The summed E-state index contributed by atoms with van der Waals surface area (Å²) in [6.07, 6.45) is -7.41. The van der Waals surface area contributed by atoms with E-state index in [9.17, 15) is 18.0 Å². The van der Waals surface area contributed by atoms with Crippen molar-refractivity contribution in [2.75, 3.05) is 0 Å². The summed E-state index contributed by atoms with van der Waals surface area (Å²) in [5.41, 5.74) is -0.166. The Morgan fingerprint density at radius 2 is 1.88 bits per heavy atom. The molecule has 0 fully saturated rings. The van der Waals surface area contributed by atoms with E-state index in [1.807, 2.05) is 0 Å². The molecule has 1 heterocycles. The molecule has 0 aliphatic rings. The predicted octanol–water partition coefficient (Wildman–Crippen LogP) is 1.60. The van der Waals surface area contributed by atoms with Crippen LogP contribution in [0.4, 0.5) is 13.2 Å². The molecule has 16 heavy (non-hydrogen) atoms. The van der Waals surface area contributed by atoms with E-state index in [0.29, 0.717) is 11.3 Å². The lowest BCUT2D eigenvalue weighted by atomic mass is 10.1. The first-order valence-corrected chi connectivity index (χ1v) is 4.58. The normalized spacial score (nSPS) is 13.9. The second-order valence-electron chi connectivity index (χ2n) is 3.65. The van der Waals surface area contributed by atoms with E-state index >= 15 is 0 Å². The van der Waals surface area contributed by atoms with Crippen molar-refractivity contribution in [2.45, 2.75) is 26.1 Å². The molecular formula is C10H12F3NO2. The van der Waals surface area contributed by atoms with Gasteiger partial charge in [-0.3, -0.25) is 4.79 Å². The van der Waals surface area contributed by atoms with Crippen LogP contribution >= 0.6 is 0 Å². The fourth-order valence-corrected chi connectivity index (χ4v) is 1.39. The molecule has 0 aliphatic heterocycles. The van der Waals surface area contributed by atoms with E-state index < -0.39 is 23.4 Å². The van der Waals surface area contributed by atoms with Crippen LogP contribution in [0.5, 0.6) is 0 Å². The summed E-state index contributed by atoms with van der Waals surface area (Å²) >= 11 is 0. The average Bonchev–Trinajstić information content (AvgIpc) is 2.18. The number of aliphatic hydroxyl groups excluding tert-OH is 1. The molecule has 3 nitrogen and oxygen atoms in total. The minimum Gasteiger partial charge on any atom is -0.378 e. The minimum atomic E-state index is -4.77. The molecule has 0 saturated heterocycles. The smallest absolute Gasteiger partial charge is 0.378 e. The zero-order valence-electron chi connectivity index (χ0n) is 9.09. The maximum Gasteiger partial charge on any atom is 0.420 e. The lowest BCUT2D eigenvalue weighted by molar-refractivity contribution is -0.208. The van der Waals surface area contributed by atoms with Crippen molar-refractivity contribution in [3.63, 3.8) is 0 Å². The fraction of sp³-hybridized carbons (Fsp3) is 0.500. The van der Waals surface area contributed by atoms with Crippen molar-refractivity contribution in [3.05, 3.63) is 33.2 Å². The molecule has 0 saturated carbocycles. The number of rotatable bonds is 1. The molecule has 0 amide bonds. The topological polar surface area (TPSA) is 42.2 Å². The second-order valence-corrected chi connectivity index (χ2v) is 3.65. The monoisotopic (exact) mass is 235 g/mol. The van der Waals surface area contributed by atoms with E-state index in [-0.39, 0.29) is 0 Å². The summed E-state index contributed by atoms with van der Waals surface area (Å²) < 4.78 is 38.1. The summed E-state index contributed by atoms with van der Waals surface area (Å²) in [6.45, 7) is 3.06. The van der Waals surface area contributed by atoms with Gasteiger partial charge in [0.15, 0.2) is 11.5 Å². The first kappa shape index (κ1) is 12.8. The van der Waals surface area contributed by atoms with Gasteiger partial charge in [-0.1, -0.05) is 0 Å². The number of aromatic nitrogens is 1. The molecule has 0 spiro atoms. The van der Waals surface area contributed by atoms with Crippen LogP contribution in [0.15, 0.2) is 10.9 Å². The molecule has 1 rings (SSSR count). The van der Waals surface area contributed by atoms with Crippen LogP contribution in [-0.2, 0) is 7.05 Å². The van der Waals surface area contributed by atoms with E-state index in [4.69, 9.17) is 5.11 Å². The van der Waals surface area contributed by atoms with Gasteiger partial charge in [-0.2, -0.15) is 13.2 Å². The van der Waals surface area contributed by atoms with Gasteiger partial charge in [0.25, 0.3) is 0 Å². The molecule has 6 heteroatoms. The van der Waals surface area contributed by atoms with Crippen LogP contribution in [0.3, 0.4) is 0 Å². The van der Waals surface area contributed by atoms with Gasteiger partial charge in [0.2, 0.25) is 0 Å². The Kier molecular flexibility index (Phi) is 3.14. The van der Waals surface area contributed by atoms with Crippen molar-refractivity contribution in [1.29, 1.82) is 0 Å². The highest BCUT2D eigenvalue weighted by Gasteiger charge is 2.41. The van der Waals surface area contributed by atoms with Crippen molar-refractivity contribution in [3.8, 4) is 0 Å². The van der Waals surface area contributed by atoms with Crippen molar-refractivity contribution in [2.24, 2.45) is 7.05 Å². The Labute approximate surface area is 90.1 Å². The molecule has 0 radical (unpaired) electrons. The van der Waals surface area contributed by atoms with Crippen molar-refractivity contribution < 1.29 is 18.3 Å². The Morgan fingerprint density at radius 3 is 2.31 bits per heavy atom. The van der Waals surface area contributed by atoms with Crippen molar-refractivity contribution >= 4 is 0 Å². The first-order chi connectivity index (χ1) is 7.16. The number of halogens is 3. The number of hydrogen-bond donors (Lipinski definition) is 1. The Balaban J connectivity index is 3.43. The van der Waals surface area contributed by atoms with Crippen LogP contribution in [0.1, 0.15) is 23.1 Å². The van der Waals surface area contributed by atoms with Gasteiger partial charge >= 0.3 is 6.18 Å². The molecule has 1 atom stereocenters. The molecule has 1 aromatic rings. The molecule has 0 aliphatic carbocycles. The van der Waals surface area contributed by atoms with Crippen LogP contribution in [0.2, 0.25) is 0 Å². The number of pyridine rings is 1. The highest BCUT2D eigenvalue weighted by atomic mass is 19.4. The quantitative estimate of drug-likeness (QED) is 0.803. The molecular weight excluding hydrogens is 223 g/mol. The summed E-state index contributed by atoms with van der Waals surface area (Å²) in [4.78, 5) is 11.4. The maximum absolute atomic E-state index is 12.3. The standard InChI is InChI=1S/C10H12F3NO2/c1-5-6(2)14(3)7(4-8(5)15)9(16)10(11,12)13/h4,9,16H,1-3H3. The molecule has 1 N–H and O–H groups in total. The van der Waals surface area contributed by atoms with Gasteiger partial charge in [-0.05, 0) is 13.8 Å². The van der Waals surface area contributed by atoms with E-state index in [1.54, 1.807) is 0 Å². The lowest BCUT2D eigenvalue weighted by Gasteiger charge is -2.20. The van der Waals surface area contributed by atoms with E-state index in [1.165, 1.54) is 25.5 Å². The molecule has 0 bridgehead atoms. The van der Waals surface area contributed by atoms with E-state index in [0.717, 1.165) is 6.07 Å².